The number of hydrogen-bond donors (Lipinski definition) is 2. The fourth-order valence-electron chi connectivity index (χ4n) is 1.85. The molecule has 1 unspecified atom stereocenters. The van der Waals surface area contributed by atoms with Gasteiger partial charge in [-0.15, -0.1) is 0 Å². The molecule has 1 atom stereocenters. The molecule has 1 aromatic rings. The summed E-state index contributed by atoms with van der Waals surface area (Å²) in [5.74, 6) is 1.13. The highest BCUT2D eigenvalue weighted by Crippen LogP contribution is 2.42. The fourth-order valence-corrected chi connectivity index (χ4v) is 2.13. The highest BCUT2D eigenvalue weighted by Gasteiger charge is 2.29. The molecule has 18 heavy (non-hydrogen) atoms. The van der Waals surface area contributed by atoms with Gasteiger partial charge in [0.2, 0.25) is 0 Å². The number of halogens is 1. The van der Waals surface area contributed by atoms with Crippen LogP contribution in [-0.2, 0) is 0 Å². The number of aliphatic hydroxyl groups excluding tert-OH is 1. The van der Waals surface area contributed by atoms with Gasteiger partial charge in [-0.25, -0.2) is 0 Å². The van der Waals surface area contributed by atoms with Gasteiger partial charge < -0.3 is 20.3 Å². The van der Waals surface area contributed by atoms with Crippen molar-refractivity contribution in [3.05, 3.63) is 22.7 Å². The number of benzene rings is 1. The van der Waals surface area contributed by atoms with Gasteiger partial charge in [0.1, 0.15) is 13.2 Å². The topological polar surface area (TPSA) is 64.7 Å². The molecule has 0 aliphatic carbocycles. The standard InChI is InChI=1S/C13H18ClNO3/c1-13(2,7-15)12(16)8-5-9(14)11-10(6-8)17-3-4-18-11/h5-6,12,16H,3-4,7,15H2,1-2H3. The summed E-state index contributed by atoms with van der Waals surface area (Å²) >= 11 is 6.14. The van der Waals surface area contributed by atoms with Crippen LogP contribution in [0, 0.1) is 5.41 Å². The van der Waals surface area contributed by atoms with E-state index in [0.29, 0.717) is 41.8 Å². The quantitative estimate of drug-likeness (QED) is 0.884. The number of aliphatic hydroxyl groups is 1. The second kappa shape index (κ2) is 4.96. The van der Waals surface area contributed by atoms with Gasteiger partial charge in [0.15, 0.2) is 11.5 Å². The molecule has 3 N–H and O–H groups in total. The minimum Gasteiger partial charge on any atom is -0.486 e. The molecule has 1 heterocycles. The van der Waals surface area contributed by atoms with E-state index >= 15 is 0 Å². The molecule has 0 saturated heterocycles. The van der Waals surface area contributed by atoms with Gasteiger partial charge in [-0.05, 0) is 17.7 Å². The Hall–Kier alpha value is -0.970. The maximum atomic E-state index is 10.3. The maximum absolute atomic E-state index is 10.3. The van der Waals surface area contributed by atoms with Crippen molar-refractivity contribution in [3.63, 3.8) is 0 Å². The average Bonchev–Trinajstić information content (AvgIpc) is 2.37. The Morgan fingerprint density at radius 3 is 2.72 bits per heavy atom. The zero-order valence-corrected chi connectivity index (χ0v) is 11.3. The number of ether oxygens (including phenoxy) is 2. The molecular weight excluding hydrogens is 254 g/mol. The Kier molecular flexibility index (Phi) is 3.71. The van der Waals surface area contributed by atoms with Crippen LogP contribution in [0.15, 0.2) is 12.1 Å². The Labute approximate surface area is 112 Å². The minimum atomic E-state index is -0.698. The molecule has 1 aliphatic heterocycles. The van der Waals surface area contributed by atoms with Crippen molar-refractivity contribution in [1.82, 2.24) is 0 Å². The molecule has 1 aromatic carbocycles. The molecule has 1 aliphatic rings. The van der Waals surface area contributed by atoms with Gasteiger partial charge >= 0.3 is 0 Å². The van der Waals surface area contributed by atoms with Gasteiger partial charge in [-0.1, -0.05) is 25.4 Å². The third-order valence-electron chi connectivity index (χ3n) is 3.20. The number of rotatable bonds is 3. The summed E-state index contributed by atoms with van der Waals surface area (Å²) in [5.41, 5.74) is 5.94. The summed E-state index contributed by atoms with van der Waals surface area (Å²) in [7, 11) is 0. The predicted octanol–water partition coefficient (Wildman–Crippen LogP) is 2.13. The van der Waals surface area contributed by atoms with Gasteiger partial charge in [0.25, 0.3) is 0 Å². The number of nitrogens with two attached hydrogens (primary N) is 1. The van der Waals surface area contributed by atoms with E-state index in [1.807, 2.05) is 13.8 Å². The maximum Gasteiger partial charge on any atom is 0.179 e. The second-order valence-corrected chi connectivity index (χ2v) is 5.53. The van der Waals surface area contributed by atoms with E-state index in [9.17, 15) is 5.11 Å². The molecule has 0 spiro atoms. The summed E-state index contributed by atoms with van der Waals surface area (Å²) in [4.78, 5) is 0. The SMILES string of the molecule is CC(C)(CN)C(O)c1cc(Cl)c2c(c1)OCCO2. The van der Waals surface area contributed by atoms with E-state index in [1.54, 1.807) is 12.1 Å². The molecule has 0 amide bonds. The van der Waals surface area contributed by atoms with Crippen LogP contribution in [0.2, 0.25) is 5.02 Å². The predicted molar refractivity (Wildman–Crippen MR) is 70.2 cm³/mol. The number of hydrogen-bond acceptors (Lipinski definition) is 4. The first kappa shape index (κ1) is 13.5. The Bertz CT molecular complexity index is 448. The highest BCUT2D eigenvalue weighted by atomic mass is 35.5. The normalized spacial score (nSPS) is 16.5. The van der Waals surface area contributed by atoms with Gasteiger partial charge in [0, 0.05) is 12.0 Å². The summed E-state index contributed by atoms with van der Waals surface area (Å²) < 4.78 is 10.9. The summed E-state index contributed by atoms with van der Waals surface area (Å²) in [6.45, 7) is 5.16. The van der Waals surface area contributed by atoms with Crippen molar-refractivity contribution in [3.8, 4) is 11.5 Å². The van der Waals surface area contributed by atoms with Crippen molar-refractivity contribution < 1.29 is 14.6 Å². The van der Waals surface area contributed by atoms with E-state index in [2.05, 4.69) is 0 Å². The van der Waals surface area contributed by atoms with Crippen LogP contribution in [0.3, 0.4) is 0 Å². The lowest BCUT2D eigenvalue weighted by molar-refractivity contribution is 0.0549. The van der Waals surface area contributed by atoms with Crippen LogP contribution in [0.5, 0.6) is 11.5 Å². The zero-order valence-electron chi connectivity index (χ0n) is 10.6. The largest absolute Gasteiger partial charge is 0.486 e. The van der Waals surface area contributed by atoms with E-state index in [0.717, 1.165) is 0 Å². The van der Waals surface area contributed by atoms with E-state index in [4.69, 9.17) is 26.8 Å². The van der Waals surface area contributed by atoms with Crippen LogP contribution < -0.4 is 15.2 Å². The van der Waals surface area contributed by atoms with Crippen molar-refractivity contribution in [1.29, 1.82) is 0 Å². The first-order valence-corrected chi connectivity index (χ1v) is 6.30. The monoisotopic (exact) mass is 271 g/mol. The van der Waals surface area contributed by atoms with Crippen molar-refractivity contribution in [2.75, 3.05) is 19.8 Å². The Balaban J connectivity index is 2.38. The van der Waals surface area contributed by atoms with E-state index in [1.165, 1.54) is 0 Å². The second-order valence-electron chi connectivity index (χ2n) is 5.12. The molecule has 0 saturated carbocycles. The minimum absolute atomic E-state index is 0.375. The van der Waals surface area contributed by atoms with Gasteiger partial charge in [-0.2, -0.15) is 0 Å². The van der Waals surface area contributed by atoms with Crippen LogP contribution in [-0.4, -0.2) is 24.9 Å². The highest BCUT2D eigenvalue weighted by molar-refractivity contribution is 6.32. The lowest BCUT2D eigenvalue weighted by atomic mass is 9.82. The molecule has 0 radical (unpaired) electrons. The Morgan fingerprint density at radius 2 is 2.06 bits per heavy atom. The zero-order chi connectivity index (χ0) is 13.3. The fraction of sp³-hybridized carbons (Fsp3) is 0.538. The third-order valence-corrected chi connectivity index (χ3v) is 3.48. The molecular formula is C13H18ClNO3. The van der Waals surface area contributed by atoms with Crippen molar-refractivity contribution in [2.45, 2.75) is 20.0 Å². The number of fused-ring (bicyclic) bond motifs is 1. The van der Waals surface area contributed by atoms with Crippen LogP contribution in [0.1, 0.15) is 25.5 Å². The third kappa shape index (κ3) is 2.41. The molecule has 0 bridgehead atoms. The molecule has 0 fully saturated rings. The lowest BCUT2D eigenvalue weighted by Gasteiger charge is -2.30. The molecule has 0 aromatic heterocycles. The Morgan fingerprint density at radius 1 is 1.39 bits per heavy atom. The van der Waals surface area contributed by atoms with Gasteiger partial charge in [0.05, 0.1) is 11.1 Å². The molecule has 4 nitrogen and oxygen atoms in total. The smallest absolute Gasteiger partial charge is 0.179 e. The van der Waals surface area contributed by atoms with Crippen LogP contribution >= 0.6 is 11.6 Å². The van der Waals surface area contributed by atoms with Crippen molar-refractivity contribution in [2.24, 2.45) is 11.1 Å². The van der Waals surface area contributed by atoms with E-state index in [-0.39, 0.29) is 0 Å². The van der Waals surface area contributed by atoms with E-state index < -0.39 is 11.5 Å². The molecule has 100 valence electrons. The first-order chi connectivity index (χ1) is 8.45. The molecule has 2 rings (SSSR count). The summed E-state index contributed by atoms with van der Waals surface area (Å²) in [6.07, 6.45) is -0.698. The van der Waals surface area contributed by atoms with Crippen molar-refractivity contribution >= 4 is 11.6 Å². The summed E-state index contributed by atoms with van der Waals surface area (Å²) in [6, 6.07) is 3.47. The van der Waals surface area contributed by atoms with Crippen LogP contribution in [0.4, 0.5) is 0 Å². The summed E-state index contributed by atoms with van der Waals surface area (Å²) in [5, 5.41) is 10.8. The first-order valence-electron chi connectivity index (χ1n) is 5.93. The molecule has 5 heteroatoms. The van der Waals surface area contributed by atoms with Crippen LogP contribution in [0.25, 0.3) is 0 Å². The average molecular weight is 272 g/mol. The lowest BCUT2D eigenvalue weighted by Crippen LogP contribution is -2.30. The van der Waals surface area contributed by atoms with Gasteiger partial charge in [-0.3, -0.25) is 0 Å².